The van der Waals surface area contributed by atoms with Crippen LogP contribution in [-0.4, -0.2) is 5.92 Å². The smallest absolute Gasteiger partial charge is 0.199 e. The second-order valence-corrected chi connectivity index (χ2v) is 11.8. The Labute approximate surface area is 268 Å². The topological polar surface area (TPSA) is 0 Å². The highest BCUT2D eigenvalue weighted by Crippen LogP contribution is 2.74. The van der Waals surface area contributed by atoms with Crippen molar-refractivity contribution in [2.24, 2.45) is 0 Å². The lowest BCUT2D eigenvalue weighted by molar-refractivity contribution is 0.0285. The van der Waals surface area contributed by atoms with Crippen molar-refractivity contribution in [1.29, 1.82) is 0 Å². The van der Waals surface area contributed by atoms with Crippen LogP contribution in [0.3, 0.4) is 0 Å². The lowest BCUT2D eigenvalue weighted by Crippen LogP contribution is -2.44. The highest BCUT2D eigenvalue weighted by Gasteiger charge is 2.70. The number of fused-ring (bicyclic) bond motifs is 1. The van der Waals surface area contributed by atoms with Crippen molar-refractivity contribution < 1.29 is 8.78 Å². The molecule has 0 amide bonds. The number of halogens is 2. The summed E-state index contributed by atoms with van der Waals surface area (Å²) in [7, 11) is 0. The van der Waals surface area contributed by atoms with E-state index in [2.05, 4.69) is 12.1 Å². The summed E-state index contributed by atoms with van der Waals surface area (Å²) in [6.45, 7) is 0. The number of benzene rings is 6. The van der Waals surface area contributed by atoms with Crippen LogP contribution < -0.4 is 0 Å². The molecule has 0 saturated carbocycles. The molecule has 0 spiro atoms. The molecular formula is C44H30F2. The first-order chi connectivity index (χ1) is 22.6. The number of rotatable bonds is 6. The van der Waals surface area contributed by atoms with Crippen molar-refractivity contribution >= 4 is 27.9 Å². The van der Waals surface area contributed by atoms with Gasteiger partial charge in [-0.15, -0.1) is 0 Å². The molecule has 6 aromatic carbocycles. The number of hydrogen-bond acceptors (Lipinski definition) is 0. The third-order valence-electron chi connectivity index (χ3n) is 9.30. The van der Waals surface area contributed by atoms with Gasteiger partial charge in [0, 0.05) is 5.57 Å². The van der Waals surface area contributed by atoms with Crippen molar-refractivity contribution in [1.82, 2.24) is 0 Å². The van der Waals surface area contributed by atoms with Gasteiger partial charge in [0.05, 0.1) is 0 Å². The zero-order chi connectivity index (χ0) is 31.1. The van der Waals surface area contributed by atoms with Gasteiger partial charge in [-0.05, 0) is 61.2 Å². The van der Waals surface area contributed by atoms with Crippen molar-refractivity contribution in [3.63, 3.8) is 0 Å². The lowest BCUT2D eigenvalue weighted by atomic mass is 9.65. The molecule has 6 aromatic rings. The quantitative estimate of drug-likeness (QED) is 0.179. The fraction of sp³-hybridized carbons (Fsp3) is 0.0455. The maximum Gasteiger partial charge on any atom is 0.291 e. The predicted octanol–water partition coefficient (Wildman–Crippen LogP) is 11.3. The van der Waals surface area contributed by atoms with Crippen LogP contribution in [0.2, 0.25) is 0 Å². The molecule has 0 fully saturated rings. The van der Waals surface area contributed by atoms with Crippen LogP contribution in [0.4, 0.5) is 8.78 Å². The number of alkyl halides is 2. The fourth-order valence-electron chi connectivity index (χ4n) is 7.58. The number of allylic oxidation sites excluding steroid dienone is 6. The fourth-order valence-corrected chi connectivity index (χ4v) is 7.58. The SMILES string of the molecule is FC1(F)C(c2ccccc2)=C(c2ccccc2)C2=C(c3ccccc3)C(c3ccccc3)=C(c3ccccc3)[C@]21c1ccccc1. The van der Waals surface area contributed by atoms with Gasteiger partial charge in [0.1, 0.15) is 5.41 Å². The van der Waals surface area contributed by atoms with E-state index < -0.39 is 11.3 Å². The van der Waals surface area contributed by atoms with Crippen LogP contribution in [0, 0.1) is 0 Å². The van der Waals surface area contributed by atoms with Crippen molar-refractivity contribution in [2.45, 2.75) is 11.3 Å². The van der Waals surface area contributed by atoms with Crippen molar-refractivity contribution in [3.05, 3.63) is 221 Å². The minimum absolute atomic E-state index is 0.0483. The molecule has 0 unspecified atom stereocenters. The molecule has 0 bridgehead atoms. The van der Waals surface area contributed by atoms with E-state index >= 15 is 8.78 Å². The Kier molecular flexibility index (Phi) is 6.73. The molecule has 0 saturated heterocycles. The van der Waals surface area contributed by atoms with Gasteiger partial charge in [0.2, 0.25) is 0 Å². The summed E-state index contributed by atoms with van der Waals surface area (Å²) < 4.78 is 37.4. The van der Waals surface area contributed by atoms with Crippen molar-refractivity contribution in [3.8, 4) is 0 Å². The average Bonchev–Trinajstić information content (AvgIpc) is 3.56. The molecule has 0 nitrogen and oxygen atoms in total. The molecule has 0 N–H and O–H groups in total. The van der Waals surface area contributed by atoms with Crippen LogP contribution in [0.1, 0.15) is 33.4 Å². The Morgan fingerprint density at radius 2 is 0.587 bits per heavy atom. The zero-order valence-electron chi connectivity index (χ0n) is 25.1. The molecule has 2 aliphatic carbocycles. The zero-order valence-corrected chi connectivity index (χ0v) is 25.1. The van der Waals surface area contributed by atoms with Gasteiger partial charge in [-0.3, -0.25) is 0 Å². The van der Waals surface area contributed by atoms with E-state index in [1.54, 1.807) is 0 Å². The first-order valence-electron chi connectivity index (χ1n) is 15.6. The minimum atomic E-state index is -3.35. The highest BCUT2D eigenvalue weighted by molar-refractivity contribution is 6.31. The predicted molar refractivity (Wildman–Crippen MR) is 186 cm³/mol. The van der Waals surface area contributed by atoms with Gasteiger partial charge in [-0.2, -0.15) is 8.78 Å². The van der Waals surface area contributed by atoms with Gasteiger partial charge in [-0.1, -0.05) is 182 Å². The van der Waals surface area contributed by atoms with E-state index in [1.165, 1.54) is 0 Å². The molecule has 8 rings (SSSR count). The molecule has 0 heterocycles. The van der Waals surface area contributed by atoms with E-state index in [9.17, 15) is 0 Å². The monoisotopic (exact) mass is 596 g/mol. The van der Waals surface area contributed by atoms with Gasteiger partial charge < -0.3 is 0 Å². The van der Waals surface area contributed by atoms with E-state index in [0.29, 0.717) is 27.8 Å². The summed E-state index contributed by atoms with van der Waals surface area (Å²) in [6, 6.07) is 58.3. The second kappa shape index (κ2) is 11.1. The molecule has 2 heteroatoms. The minimum Gasteiger partial charge on any atom is -0.199 e. The molecule has 220 valence electrons. The largest absolute Gasteiger partial charge is 0.291 e. The Morgan fingerprint density at radius 3 is 1.00 bits per heavy atom. The maximum atomic E-state index is 18.7. The van der Waals surface area contributed by atoms with Crippen molar-refractivity contribution in [2.75, 3.05) is 0 Å². The van der Waals surface area contributed by atoms with Crippen LogP contribution in [-0.2, 0) is 5.41 Å². The van der Waals surface area contributed by atoms with E-state index in [4.69, 9.17) is 0 Å². The summed E-state index contributed by atoms with van der Waals surface area (Å²) in [5, 5.41) is 0. The van der Waals surface area contributed by atoms with Gasteiger partial charge in [0.25, 0.3) is 5.92 Å². The van der Waals surface area contributed by atoms with Gasteiger partial charge >= 0.3 is 0 Å². The molecule has 46 heavy (non-hydrogen) atoms. The molecule has 0 radical (unpaired) electrons. The average molecular weight is 597 g/mol. The summed E-state index contributed by atoms with van der Waals surface area (Å²) in [5.74, 6) is -3.35. The Hall–Kier alpha value is -5.60. The van der Waals surface area contributed by atoms with E-state index in [-0.39, 0.29) is 5.57 Å². The lowest BCUT2D eigenvalue weighted by Gasteiger charge is -2.39. The van der Waals surface area contributed by atoms with E-state index in [1.807, 2.05) is 170 Å². The first-order valence-corrected chi connectivity index (χ1v) is 15.6. The van der Waals surface area contributed by atoms with E-state index in [0.717, 1.165) is 33.4 Å². The maximum absolute atomic E-state index is 18.7. The van der Waals surface area contributed by atoms with Gasteiger partial charge in [0.15, 0.2) is 0 Å². The van der Waals surface area contributed by atoms with Crippen LogP contribution in [0.25, 0.3) is 27.9 Å². The van der Waals surface area contributed by atoms with Crippen LogP contribution >= 0.6 is 0 Å². The summed E-state index contributed by atoms with van der Waals surface area (Å²) in [6.07, 6.45) is 0. The molecule has 2 aliphatic rings. The molecule has 0 aromatic heterocycles. The Morgan fingerprint density at radius 1 is 0.283 bits per heavy atom. The first kappa shape index (κ1) is 27.9. The third-order valence-corrected chi connectivity index (χ3v) is 9.30. The van der Waals surface area contributed by atoms with Crippen LogP contribution in [0.5, 0.6) is 0 Å². The number of hydrogen-bond donors (Lipinski definition) is 0. The molecule has 0 aliphatic heterocycles. The van der Waals surface area contributed by atoms with Gasteiger partial charge in [-0.25, -0.2) is 0 Å². The standard InChI is InChI=1S/C44H30F2/c45-44(46)41(35-27-15-5-16-28-35)39(33-23-11-3-12-24-33)42-38(32-21-9-2-10-22-32)37(31-19-7-1-8-20-31)40(34-25-13-4-14-26-34)43(42,44)36-29-17-6-18-30-36/h1-30H/t43-/m1/s1. The highest BCUT2D eigenvalue weighted by atomic mass is 19.3. The van der Waals surface area contributed by atoms with Crippen LogP contribution in [0.15, 0.2) is 188 Å². The molecular weight excluding hydrogens is 566 g/mol. The Bertz CT molecular complexity index is 2110. The third kappa shape index (κ3) is 4.03. The Balaban J connectivity index is 1.66. The normalized spacial score (nSPS) is 18.7. The summed E-state index contributed by atoms with van der Waals surface area (Å²) in [5.41, 5.74) is 6.14. The summed E-state index contributed by atoms with van der Waals surface area (Å²) >= 11 is 0. The summed E-state index contributed by atoms with van der Waals surface area (Å²) in [4.78, 5) is 0. The second-order valence-electron chi connectivity index (χ2n) is 11.8. The molecule has 1 atom stereocenters.